The van der Waals surface area contributed by atoms with Gasteiger partial charge in [-0.2, -0.15) is 0 Å². The Bertz CT molecular complexity index is 1400. The van der Waals surface area contributed by atoms with Crippen molar-refractivity contribution in [2.75, 3.05) is 31.5 Å². The van der Waals surface area contributed by atoms with Gasteiger partial charge in [0.05, 0.1) is 21.7 Å². The van der Waals surface area contributed by atoms with E-state index in [0.29, 0.717) is 66.7 Å². The zero-order chi connectivity index (χ0) is 29.0. The number of fused-ring (bicyclic) bond motifs is 2. The maximum atomic E-state index is 14.1. The summed E-state index contributed by atoms with van der Waals surface area (Å²) in [7, 11) is 0. The normalized spacial score (nSPS) is 16.9. The van der Waals surface area contributed by atoms with Gasteiger partial charge in [0.1, 0.15) is 11.4 Å². The van der Waals surface area contributed by atoms with Crippen LogP contribution < -0.4 is 5.32 Å². The first-order valence-electron chi connectivity index (χ1n) is 14.1. The quantitative estimate of drug-likeness (QED) is 0.276. The molecule has 0 saturated carbocycles. The lowest BCUT2D eigenvalue weighted by Crippen LogP contribution is -2.48. The maximum absolute atomic E-state index is 14.1. The number of carbonyl (C=O) groups excluding carboxylic acids is 2. The maximum Gasteiger partial charge on any atom is 0.412 e. The van der Waals surface area contributed by atoms with Gasteiger partial charge in [-0.3, -0.25) is 10.1 Å². The van der Waals surface area contributed by atoms with E-state index in [-0.39, 0.29) is 17.6 Å². The van der Waals surface area contributed by atoms with E-state index in [1.807, 2.05) is 48.2 Å². The highest BCUT2D eigenvalue weighted by Crippen LogP contribution is 2.44. The molecule has 1 N–H and O–H groups in total. The van der Waals surface area contributed by atoms with Crippen LogP contribution in [0.2, 0.25) is 10.0 Å². The van der Waals surface area contributed by atoms with Gasteiger partial charge < -0.3 is 14.5 Å². The average Bonchev–Trinajstić information content (AvgIpc) is 2.97. The fourth-order valence-corrected chi connectivity index (χ4v) is 6.24. The summed E-state index contributed by atoms with van der Waals surface area (Å²) >= 11 is 12.5. The van der Waals surface area contributed by atoms with Gasteiger partial charge in [0.25, 0.3) is 0 Å². The molecule has 0 bridgehead atoms. The number of hydrogen-bond donors (Lipinski definition) is 1. The highest BCUT2D eigenvalue weighted by Gasteiger charge is 2.44. The SMILES string of the molecule is CCN(Cc1ccccc1)C(=O)C(CCCN1CCC2(CC1)OC(=O)Nc1ccc(F)cc12)c1ccc(Cl)c(Cl)c1. The molecule has 2 amide bonds. The van der Waals surface area contributed by atoms with Crippen molar-refractivity contribution in [1.29, 1.82) is 0 Å². The third kappa shape index (κ3) is 6.69. The molecule has 0 aliphatic carbocycles. The first-order chi connectivity index (χ1) is 19.8. The molecule has 5 rings (SSSR count). The molecular formula is C32H34Cl2FN3O3. The molecule has 1 saturated heterocycles. The van der Waals surface area contributed by atoms with Crippen LogP contribution in [0, 0.1) is 5.82 Å². The molecule has 6 nitrogen and oxygen atoms in total. The number of anilines is 1. The van der Waals surface area contributed by atoms with E-state index in [2.05, 4.69) is 10.2 Å². The summed E-state index contributed by atoms with van der Waals surface area (Å²) in [5, 5.41) is 3.58. The van der Waals surface area contributed by atoms with Crippen LogP contribution in [0.5, 0.6) is 0 Å². The third-order valence-electron chi connectivity index (χ3n) is 8.18. The van der Waals surface area contributed by atoms with Crippen LogP contribution in [-0.4, -0.2) is 48.0 Å². The molecule has 2 aliphatic rings. The van der Waals surface area contributed by atoms with Crippen molar-refractivity contribution < 1.29 is 18.7 Å². The van der Waals surface area contributed by atoms with Crippen LogP contribution in [-0.2, 0) is 21.7 Å². The van der Waals surface area contributed by atoms with Crippen molar-refractivity contribution in [1.82, 2.24) is 9.80 Å². The van der Waals surface area contributed by atoms with E-state index in [0.717, 1.165) is 24.1 Å². The first-order valence-corrected chi connectivity index (χ1v) is 14.8. The summed E-state index contributed by atoms with van der Waals surface area (Å²) in [6.45, 7) is 5.31. The van der Waals surface area contributed by atoms with Crippen molar-refractivity contribution in [3.05, 3.63) is 99.3 Å². The van der Waals surface area contributed by atoms with Gasteiger partial charge in [-0.25, -0.2) is 9.18 Å². The Balaban J connectivity index is 1.25. The molecule has 2 aliphatic heterocycles. The number of likely N-dealkylation sites (N-methyl/N-ethyl adjacent to an activating group) is 1. The van der Waals surface area contributed by atoms with Gasteiger partial charge in [0, 0.05) is 44.6 Å². The van der Waals surface area contributed by atoms with Crippen LogP contribution >= 0.6 is 23.2 Å². The predicted octanol–water partition coefficient (Wildman–Crippen LogP) is 7.60. The second-order valence-electron chi connectivity index (χ2n) is 10.7. The van der Waals surface area contributed by atoms with Gasteiger partial charge in [-0.15, -0.1) is 0 Å². The molecule has 0 aromatic heterocycles. The Morgan fingerprint density at radius 3 is 2.54 bits per heavy atom. The van der Waals surface area contributed by atoms with E-state index >= 15 is 0 Å². The van der Waals surface area contributed by atoms with Crippen molar-refractivity contribution in [3.8, 4) is 0 Å². The molecule has 41 heavy (non-hydrogen) atoms. The second-order valence-corrected chi connectivity index (χ2v) is 11.6. The number of nitrogens with zero attached hydrogens (tertiary/aromatic N) is 2. The molecule has 2 heterocycles. The van der Waals surface area contributed by atoms with Crippen molar-refractivity contribution in [2.45, 2.75) is 50.7 Å². The summed E-state index contributed by atoms with van der Waals surface area (Å²) in [6.07, 6.45) is 2.09. The summed E-state index contributed by atoms with van der Waals surface area (Å²) < 4.78 is 19.8. The van der Waals surface area contributed by atoms with Gasteiger partial charge in [-0.05, 0) is 67.8 Å². The number of rotatable bonds is 9. The molecule has 3 aromatic rings. The zero-order valence-electron chi connectivity index (χ0n) is 23.0. The standard InChI is InChI=1S/C32H34Cl2FN3O3/c1-2-38(21-22-7-4-3-5-8-22)30(39)25(23-10-12-27(33)28(34)19-23)9-6-16-37-17-14-32(15-18-37)26-20-24(35)11-13-29(26)36-31(40)41-32/h3-5,7-8,10-13,19-20,25H,2,6,9,14-18,21H2,1H3,(H,36,40). The number of piperidine rings is 1. The van der Waals surface area contributed by atoms with E-state index in [1.165, 1.54) is 12.1 Å². The predicted molar refractivity (Wildman–Crippen MR) is 160 cm³/mol. The topological polar surface area (TPSA) is 61.9 Å². The number of likely N-dealkylation sites (tertiary alicyclic amines) is 1. The van der Waals surface area contributed by atoms with Crippen molar-refractivity contribution in [2.24, 2.45) is 0 Å². The Morgan fingerprint density at radius 2 is 1.83 bits per heavy atom. The number of amides is 2. The van der Waals surface area contributed by atoms with E-state index < -0.39 is 11.7 Å². The Kier molecular flexibility index (Phi) is 9.17. The van der Waals surface area contributed by atoms with Crippen LogP contribution in [0.15, 0.2) is 66.7 Å². The van der Waals surface area contributed by atoms with Crippen LogP contribution in [0.25, 0.3) is 0 Å². The van der Waals surface area contributed by atoms with Gasteiger partial charge >= 0.3 is 6.09 Å². The molecule has 1 fully saturated rings. The van der Waals surface area contributed by atoms with Crippen molar-refractivity contribution in [3.63, 3.8) is 0 Å². The molecule has 9 heteroatoms. The molecule has 1 atom stereocenters. The van der Waals surface area contributed by atoms with Gasteiger partial charge in [-0.1, -0.05) is 59.6 Å². The minimum Gasteiger partial charge on any atom is -0.438 e. The lowest BCUT2D eigenvalue weighted by Gasteiger charge is -2.44. The molecular weight excluding hydrogens is 564 g/mol. The summed E-state index contributed by atoms with van der Waals surface area (Å²) in [4.78, 5) is 30.3. The monoisotopic (exact) mass is 597 g/mol. The number of ether oxygens (including phenoxy) is 1. The fourth-order valence-electron chi connectivity index (χ4n) is 5.93. The van der Waals surface area contributed by atoms with Crippen molar-refractivity contribution >= 4 is 40.9 Å². The summed E-state index contributed by atoms with van der Waals surface area (Å²) in [6, 6.07) is 19.8. The van der Waals surface area contributed by atoms with E-state index in [9.17, 15) is 14.0 Å². The summed E-state index contributed by atoms with van der Waals surface area (Å²) in [5.41, 5.74) is 2.41. The highest BCUT2D eigenvalue weighted by atomic mass is 35.5. The Labute approximate surface area is 250 Å². The van der Waals surface area contributed by atoms with Gasteiger partial charge in [0.2, 0.25) is 5.91 Å². The molecule has 1 spiro atoms. The largest absolute Gasteiger partial charge is 0.438 e. The number of carbonyl (C=O) groups is 2. The minimum atomic E-state index is -0.826. The molecule has 0 radical (unpaired) electrons. The number of nitrogens with one attached hydrogen (secondary N) is 1. The van der Waals surface area contributed by atoms with Crippen LogP contribution in [0.4, 0.5) is 14.9 Å². The lowest BCUT2D eigenvalue weighted by molar-refractivity contribution is -0.133. The Hall–Kier alpha value is -3.13. The van der Waals surface area contributed by atoms with E-state index in [4.69, 9.17) is 27.9 Å². The molecule has 216 valence electrons. The first kappa shape index (κ1) is 29.4. The fraction of sp³-hybridized carbons (Fsp3) is 0.375. The summed E-state index contributed by atoms with van der Waals surface area (Å²) in [5.74, 6) is -0.644. The zero-order valence-corrected chi connectivity index (χ0v) is 24.6. The number of benzene rings is 3. The third-order valence-corrected chi connectivity index (χ3v) is 8.92. The highest BCUT2D eigenvalue weighted by molar-refractivity contribution is 6.42. The van der Waals surface area contributed by atoms with Crippen LogP contribution in [0.3, 0.4) is 0 Å². The molecule has 3 aromatic carbocycles. The average molecular weight is 599 g/mol. The number of hydrogen-bond acceptors (Lipinski definition) is 4. The minimum absolute atomic E-state index is 0.0626. The second kappa shape index (κ2) is 12.8. The molecule has 1 unspecified atom stereocenters. The smallest absolute Gasteiger partial charge is 0.412 e. The van der Waals surface area contributed by atoms with Crippen LogP contribution in [0.1, 0.15) is 55.2 Å². The number of halogens is 3. The lowest BCUT2D eigenvalue weighted by atomic mass is 9.82. The van der Waals surface area contributed by atoms with E-state index in [1.54, 1.807) is 18.2 Å². The Morgan fingerprint density at radius 1 is 1.07 bits per heavy atom. The van der Waals surface area contributed by atoms with Gasteiger partial charge in [0.15, 0.2) is 0 Å².